The molecule has 0 saturated heterocycles. The van der Waals surface area contributed by atoms with Gasteiger partial charge in [0.15, 0.2) is 0 Å². The Morgan fingerprint density at radius 3 is 2.53 bits per heavy atom. The molecule has 0 aliphatic rings. The number of carbonyl (C=O) groups excluding carboxylic acids is 1. The molecule has 0 fully saturated rings. The van der Waals surface area contributed by atoms with Crippen molar-refractivity contribution >= 4 is 5.91 Å². The minimum atomic E-state index is -0.0895. The van der Waals surface area contributed by atoms with E-state index in [-0.39, 0.29) is 11.8 Å². The van der Waals surface area contributed by atoms with Gasteiger partial charge in [-0.05, 0) is 24.1 Å². The molecule has 0 bridgehead atoms. The van der Waals surface area contributed by atoms with E-state index in [1.165, 1.54) is 0 Å². The topological polar surface area (TPSA) is 70.1 Å². The van der Waals surface area contributed by atoms with Gasteiger partial charge >= 0.3 is 0 Å². The molecule has 0 radical (unpaired) electrons. The molecule has 4 heteroatoms. The molecule has 1 rings (SSSR count). The van der Waals surface area contributed by atoms with Crippen LogP contribution in [0.1, 0.15) is 30.9 Å². The number of amides is 1. The number of benzene rings is 1. The Morgan fingerprint density at radius 1 is 1.42 bits per heavy atom. The van der Waals surface area contributed by atoms with Crippen molar-refractivity contribution in [2.75, 3.05) is 13.6 Å². The molecule has 0 aliphatic heterocycles. The van der Waals surface area contributed by atoms with E-state index in [9.17, 15) is 4.79 Å². The highest BCUT2D eigenvalue weighted by Gasteiger charge is 2.19. The lowest BCUT2D eigenvalue weighted by Gasteiger charge is -2.22. The smallest absolute Gasteiger partial charge is 0.226 e. The maximum atomic E-state index is 12.2. The predicted molar refractivity (Wildman–Crippen MR) is 75.1 cm³/mol. The number of rotatable bonds is 6. The zero-order valence-electron chi connectivity index (χ0n) is 11.6. The van der Waals surface area contributed by atoms with E-state index in [4.69, 9.17) is 11.0 Å². The summed E-state index contributed by atoms with van der Waals surface area (Å²) >= 11 is 0. The molecule has 4 nitrogen and oxygen atoms in total. The lowest BCUT2D eigenvalue weighted by molar-refractivity contribution is -0.134. The van der Waals surface area contributed by atoms with Gasteiger partial charge in [-0.2, -0.15) is 5.26 Å². The summed E-state index contributed by atoms with van der Waals surface area (Å²) < 4.78 is 0. The Balaban J connectivity index is 2.64. The van der Waals surface area contributed by atoms with Crippen LogP contribution in [0.25, 0.3) is 0 Å². The second kappa shape index (κ2) is 7.55. The van der Waals surface area contributed by atoms with Gasteiger partial charge in [0.1, 0.15) is 0 Å². The number of nitriles is 1. The van der Waals surface area contributed by atoms with Crippen molar-refractivity contribution in [1.29, 1.82) is 5.26 Å². The van der Waals surface area contributed by atoms with Crippen molar-refractivity contribution in [2.45, 2.75) is 26.3 Å². The van der Waals surface area contributed by atoms with Gasteiger partial charge < -0.3 is 10.6 Å². The fourth-order valence-corrected chi connectivity index (χ4v) is 2.04. The summed E-state index contributed by atoms with van der Waals surface area (Å²) in [6.07, 6.45) is 1.78. The van der Waals surface area contributed by atoms with Gasteiger partial charge in [0.25, 0.3) is 0 Å². The molecule has 19 heavy (non-hydrogen) atoms. The lowest BCUT2D eigenvalue weighted by Crippen LogP contribution is -2.36. The Morgan fingerprint density at radius 2 is 2.05 bits per heavy atom. The third kappa shape index (κ3) is 4.38. The number of hydrogen-bond donors (Lipinski definition) is 1. The molecule has 1 unspecified atom stereocenters. The Kier molecular flexibility index (Phi) is 6.04. The highest BCUT2D eigenvalue weighted by atomic mass is 16.2. The maximum absolute atomic E-state index is 12.2. The average molecular weight is 259 g/mol. The zero-order chi connectivity index (χ0) is 14.3. The van der Waals surface area contributed by atoms with Crippen LogP contribution in [-0.2, 0) is 11.3 Å². The normalized spacial score (nSPS) is 11.7. The number of hydrogen-bond acceptors (Lipinski definition) is 3. The van der Waals surface area contributed by atoms with Crippen LogP contribution in [0.3, 0.4) is 0 Å². The third-order valence-corrected chi connectivity index (χ3v) is 3.15. The first-order valence-corrected chi connectivity index (χ1v) is 6.56. The summed E-state index contributed by atoms with van der Waals surface area (Å²) in [4.78, 5) is 13.9. The van der Waals surface area contributed by atoms with Gasteiger partial charge in [-0.1, -0.05) is 25.5 Å². The number of carbonyl (C=O) groups is 1. The molecule has 2 N–H and O–H groups in total. The van der Waals surface area contributed by atoms with Crippen LogP contribution >= 0.6 is 0 Å². The van der Waals surface area contributed by atoms with Gasteiger partial charge in [-0.15, -0.1) is 0 Å². The summed E-state index contributed by atoms with van der Waals surface area (Å²) in [5.74, 6) is 0.00194. The van der Waals surface area contributed by atoms with Gasteiger partial charge in [0.2, 0.25) is 5.91 Å². The van der Waals surface area contributed by atoms with E-state index < -0.39 is 0 Å². The second-order valence-corrected chi connectivity index (χ2v) is 4.72. The molecule has 0 saturated carbocycles. The van der Waals surface area contributed by atoms with E-state index in [2.05, 4.69) is 13.0 Å². The predicted octanol–water partition coefficient (Wildman–Crippen LogP) is 1.89. The van der Waals surface area contributed by atoms with Crippen molar-refractivity contribution < 1.29 is 4.79 Å². The summed E-state index contributed by atoms with van der Waals surface area (Å²) in [5.41, 5.74) is 7.29. The molecule has 1 amide bonds. The van der Waals surface area contributed by atoms with Crippen LogP contribution in [-0.4, -0.2) is 24.4 Å². The Bertz CT molecular complexity index is 447. The van der Waals surface area contributed by atoms with Crippen LogP contribution in [0.4, 0.5) is 0 Å². The molecular weight excluding hydrogens is 238 g/mol. The average Bonchev–Trinajstić information content (AvgIpc) is 2.44. The van der Waals surface area contributed by atoms with Crippen LogP contribution in [0.2, 0.25) is 0 Å². The van der Waals surface area contributed by atoms with Crippen molar-refractivity contribution in [2.24, 2.45) is 11.7 Å². The van der Waals surface area contributed by atoms with Crippen LogP contribution in [0, 0.1) is 17.2 Å². The van der Waals surface area contributed by atoms with Crippen molar-refractivity contribution in [1.82, 2.24) is 4.90 Å². The SMILES string of the molecule is CCCC(CN)C(=O)N(C)Cc1ccc(C#N)cc1. The van der Waals surface area contributed by atoms with Gasteiger partial charge in [0.05, 0.1) is 17.6 Å². The molecule has 1 aromatic rings. The molecular formula is C15H21N3O. The first-order valence-electron chi connectivity index (χ1n) is 6.56. The van der Waals surface area contributed by atoms with E-state index >= 15 is 0 Å². The van der Waals surface area contributed by atoms with Gasteiger partial charge in [-0.3, -0.25) is 4.79 Å². The molecule has 1 aromatic carbocycles. The highest BCUT2D eigenvalue weighted by molar-refractivity contribution is 5.78. The summed E-state index contributed by atoms with van der Waals surface area (Å²) in [6, 6.07) is 9.35. The Hall–Kier alpha value is -1.86. The lowest BCUT2D eigenvalue weighted by atomic mass is 10.0. The summed E-state index contributed by atoms with van der Waals surface area (Å²) in [5, 5.41) is 8.73. The van der Waals surface area contributed by atoms with Crippen LogP contribution in [0.15, 0.2) is 24.3 Å². The minimum Gasteiger partial charge on any atom is -0.341 e. The first-order chi connectivity index (χ1) is 9.12. The largest absolute Gasteiger partial charge is 0.341 e. The van der Waals surface area contributed by atoms with Crippen molar-refractivity contribution in [3.05, 3.63) is 35.4 Å². The van der Waals surface area contributed by atoms with Crippen LogP contribution in [0.5, 0.6) is 0 Å². The molecule has 0 heterocycles. The van der Waals surface area contributed by atoms with E-state index in [1.54, 1.807) is 24.1 Å². The number of nitrogens with zero attached hydrogens (tertiary/aromatic N) is 2. The summed E-state index contributed by atoms with van der Waals surface area (Å²) in [7, 11) is 1.79. The molecule has 1 atom stereocenters. The third-order valence-electron chi connectivity index (χ3n) is 3.15. The zero-order valence-corrected chi connectivity index (χ0v) is 11.6. The van der Waals surface area contributed by atoms with Crippen molar-refractivity contribution in [3.63, 3.8) is 0 Å². The second-order valence-electron chi connectivity index (χ2n) is 4.72. The van der Waals surface area contributed by atoms with E-state index in [0.29, 0.717) is 18.7 Å². The van der Waals surface area contributed by atoms with Gasteiger partial charge in [-0.25, -0.2) is 0 Å². The van der Waals surface area contributed by atoms with Gasteiger partial charge in [0, 0.05) is 20.1 Å². The molecule has 0 aliphatic carbocycles. The quantitative estimate of drug-likeness (QED) is 0.848. The highest BCUT2D eigenvalue weighted by Crippen LogP contribution is 2.12. The summed E-state index contributed by atoms with van der Waals surface area (Å²) in [6.45, 7) is 2.99. The number of nitrogens with two attached hydrogens (primary N) is 1. The molecule has 0 spiro atoms. The Labute approximate surface area is 114 Å². The van der Waals surface area contributed by atoms with E-state index in [0.717, 1.165) is 18.4 Å². The fourth-order valence-electron chi connectivity index (χ4n) is 2.04. The molecule has 0 aromatic heterocycles. The first kappa shape index (κ1) is 15.2. The maximum Gasteiger partial charge on any atom is 0.226 e. The van der Waals surface area contributed by atoms with Crippen molar-refractivity contribution in [3.8, 4) is 6.07 Å². The van der Waals surface area contributed by atoms with E-state index in [1.807, 2.05) is 12.1 Å². The molecule has 102 valence electrons. The minimum absolute atomic E-state index is 0.0895. The fraction of sp³-hybridized carbons (Fsp3) is 0.467. The van der Waals surface area contributed by atoms with Crippen LogP contribution < -0.4 is 5.73 Å². The monoisotopic (exact) mass is 259 g/mol. The standard InChI is InChI=1S/C15H21N3O/c1-3-4-14(10-17)15(19)18(2)11-13-7-5-12(9-16)6-8-13/h5-8,14H,3-4,10-11,17H2,1-2H3.